The minimum Gasteiger partial charge on any atom is -0.498 e. The van der Waals surface area contributed by atoms with Crippen molar-refractivity contribution in [3.05, 3.63) is 52.6 Å². The van der Waals surface area contributed by atoms with Gasteiger partial charge < -0.3 is 29.1 Å². The van der Waals surface area contributed by atoms with E-state index in [0.717, 1.165) is 0 Å². The highest BCUT2D eigenvalue weighted by Gasteiger charge is 2.41. The number of methoxy groups -OCH3 is 1. The Morgan fingerprint density at radius 1 is 1.23 bits per heavy atom. The van der Waals surface area contributed by atoms with Gasteiger partial charge in [0.1, 0.15) is 22.7 Å². The number of amides is 1. The number of fused-ring (bicyclic) bond motifs is 1. The van der Waals surface area contributed by atoms with Crippen molar-refractivity contribution in [3.63, 3.8) is 0 Å². The molecule has 3 rings (SSSR count). The number of rotatable bonds is 4. The molecule has 26 heavy (non-hydrogen) atoms. The smallest absolute Gasteiger partial charge is 0.405 e. The SMILES string of the molecule is COC1=CC(OC(N)=O)C(Oc2ccc3oc(=O)ccc3c2)OC1(C)C. The fraction of sp³-hybridized carbons (Fsp3) is 0.333. The first kappa shape index (κ1) is 17.8. The molecule has 1 aliphatic rings. The van der Waals surface area contributed by atoms with E-state index in [9.17, 15) is 9.59 Å². The van der Waals surface area contributed by atoms with E-state index in [2.05, 4.69) is 0 Å². The summed E-state index contributed by atoms with van der Waals surface area (Å²) in [6.45, 7) is 3.60. The average Bonchev–Trinajstić information content (AvgIpc) is 2.56. The fourth-order valence-electron chi connectivity index (χ4n) is 2.73. The molecule has 0 fully saturated rings. The lowest BCUT2D eigenvalue weighted by molar-refractivity contribution is -0.201. The van der Waals surface area contributed by atoms with E-state index in [0.29, 0.717) is 22.5 Å². The molecule has 2 heterocycles. The summed E-state index contributed by atoms with van der Waals surface area (Å²) in [4.78, 5) is 22.5. The summed E-state index contributed by atoms with van der Waals surface area (Å²) >= 11 is 0. The Hall–Kier alpha value is -3.00. The summed E-state index contributed by atoms with van der Waals surface area (Å²) in [5.41, 5.74) is 4.34. The van der Waals surface area contributed by atoms with Crippen molar-refractivity contribution in [3.8, 4) is 5.75 Å². The van der Waals surface area contributed by atoms with Crippen LogP contribution in [0.3, 0.4) is 0 Å². The minimum atomic E-state index is -0.959. The Labute approximate surface area is 149 Å². The van der Waals surface area contributed by atoms with Crippen LogP contribution in [0.25, 0.3) is 11.0 Å². The van der Waals surface area contributed by atoms with Crippen LogP contribution in [0.5, 0.6) is 5.75 Å². The van der Waals surface area contributed by atoms with Gasteiger partial charge in [0.15, 0.2) is 6.10 Å². The van der Waals surface area contributed by atoms with Crippen LogP contribution in [0, 0.1) is 0 Å². The molecule has 2 unspecified atom stereocenters. The van der Waals surface area contributed by atoms with E-state index in [4.69, 9.17) is 29.1 Å². The van der Waals surface area contributed by atoms with Gasteiger partial charge in [0.25, 0.3) is 0 Å². The topological polar surface area (TPSA) is 110 Å². The van der Waals surface area contributed by atoms with Crippen molar-refractivity contribution in [2.45, 2.75) is 31.8 Å². The van der Waals surface area contributed by atoms with Gasteiger partial charge >= 0.3 is 11.7 Å². The van der Waals surface area contributed by atoms with Crippen LogP contribution >= 0.6 is 0 Å². The summed E-state index contributed by atoms with van der Waals surface area (Å²) in [6.07, 6.45) is -1.19. The number of nitrogens with two attached hydrogens (primary N) is 1. The van der Waals surface area contributed by atoms with Crippen molar-refractivity contribution in [2.24, 2.45) is 5.73 Å². The van der Waals surface area contributed by atoms with Gasteiger partial charge in [-0.05, 0) is 38.1 Å². The molecule has 0 radical (unpaired) electrons. The van der Waals surface area contributed by atoms with Crippen LogP contribution in [0.4, 0.5) is 4.79 Å². The maximum Gasteiger partial charge on any atom is 0.405 e. The summed E-state index contributed by atoms with van der Waals surface area (Å²) in [5.74, 6) is 0.934. The van der Waals surface area contributed by atoms with Crippen LogP contribution in [-0.2, 0) is 14.2 Å². The monoisotopic (exact) mass is 361 g/mol. The molecule has 0 spiro atoms. The largest absolute Gasteiger partial charge is 0.498 e. The second-order valence-electron chi connectivity index (χ2n) is 6.21. The molecule has 8 nitrogen and oxygen atoms in total. The predicted octanol–water partition coefficient (Wildman–Crippen LogP) is 2.30. The summed E-state index contributed by atoms with van der Waals surface area (Å²) in [6, 6.07) is 7.86. The molecule has 2 atom stereocenters. The maximum absolute atomic E-state index is 11.3. The Bertz CT molecular complexity index is 915. The number of hydrogen-bond acceptors (Lipinski definition) is 7. The van der Waals surface area contributed by atoms with Gasteiger partial charge in [0.05, 0.1) is 7.11 Å². The van der Waals surface area contributed by atoms with Crippen molar-refractivity contribution in [2.75, 3.05) is 7.11 Å². The van der Waals surface area contributed by atoms with Crippen molar-refractivity contribution in [1.29, 1.82) is 0 Å². The number of benzene rings is 1. The molecule has 0 bridgehead atoms. The van der Waals surface area contributed by atoms with Gasteiger partial charge in [-0.15, -0.1) is 0 Å². The number of carbonyl (C=O) groups is 1. The highest BCUT2D eigenvalue weighted by molar-refractivity contribution is 5.77. The third-order valence-electron chi connectivity index (χ3n) is 3.90. The van der Waals surface area contributed by atoms with Gasteiger partial charge in [-0.3, -0.25) is 0 Å². The van der Waals surface area contributed by atoms with Gasteiger partial charge in [0, 0.05) is 17.5 Å². The van der Waals surface area contributed by atoms with E-state index >= 15 is 0 Å². The number of carbonyl (C=O) groups excluding carboxylic acids is 1. The molecular formula is C18H19NO7. The molecule has 1 aromatic carbocycles. The molecule has 1 aliphatic heterocycles. The number of ether oxygens (including phenoxy) is 4. The molecule has 1 amide bonds. The molecule has 2 N–H and O–H groups in total. The number of hydrogen-bond donors (Lipinski definition) is 1. The normalized spacial score (nSPS) is 21.7. The molecule has 138 valence electrons. The number of primary amides is 1. The van der Waals surface area contributed by atoms with Crippen molar-refractivity contribution >= 4 is 17.1 Å². The minimum absolute atomic E-state index is 0.432. The van der Waals surface area contributed by atoms with Crippen LogP contribution in [0.1, 0.15) is 13.8 Å². The van der Waals surface area contributed by atoms with E-state index < -0.39 is 29.7 Å². The van der Waals surface area contributed by atoms with Crippen molar-refractivity contribution in [1.82, 2.24) is 0 Å². The van der Waals surface area contributed by atoms with Gasteiger partial charge in [0.2, 0.25) is 6.29 Å². The third kappa shape index (κ3) is 3.65. The molecule has 0 saturated carbocycles. The molecule has 0 aliphatic carbocycles. The quantitative estimate of drug-likeness (QED) is 0.832. The standard InChI is InChI=1S/C18H19NO7/c1-18(2)14(22-3)9-13(25-17(19)21)16(26-18)23-11-5-6-12-10(8-11)4-7-15(20)24-12/h4-9,13,16H,1-3H3,(H2,19,21). The lowest BCUT2D eigenvalue weighted by Crippen LogP contribution is -2.48. The summed E-state index contributed by atoms with van der Waals surface area (Å²) in [5, 5.41) is 0.678. The van der Waals surface area contributed by atoms with Crippen LogP contribution in [0.2, 0.25) is 0 Å². The Kier molecular flexibility index (Phi) is 4.60. The van der Waals surface area contributed by atoms with Crippen LogP contribution in [-0.4, -0.2) is 31.2 Å². The second-order valence-corrected chi connectivity index (χ2v) is 6.21. The zero-order chi connectivity index (χ0) is 18.9. The third-order valence-corrected chi connectivity index (χ3v) is 3.90. The van der Waals surface area contributed by atoms with E-state index in [1.54, 1.807) is 44.2 Å². The lowest BCUT2D eigenvalue weighted by atomic mass is 10.0. The molecular weight excluding hydrogens is 342 g/mol. The highest BCUT2D eigenvalue weighted by atomic mass is 16.7. The first-order valence-corrected chi connectivity index (χ1v) is 7.89. The average molecular weight is 361 g/mol. The lowest BCUT2D eigenvalue weighted by Gasteiger charge is -2.38. The van der Waals surface area contributed by atoms with Gasteiger partial charge in [-0.1, -0.05) is 0 Å². The predicted molar refractivity (Wildman–Crippen MR) is 91.6 cm³/mol. The van der Waals surface area contributed by atoms with Crippen LogP contribution in [0.15, 0.2) is 51.4 Å². The fourth-order valence-corrected chi connectivity index (χ4v) is 2.73. The Morgan fingerprint density at radius 3 is 2.69 bits per heavy atom. The molecule has 8 heteroatoms. The highest BCUT2D eigenvalue weighted by Crippen LogP contribution is 2.32. The maximum atomic E-state index is 11.3. The second kappa shape index (κ2) is 6.72. The summed E-state index contributed by atoms with van der Waals surface area (Å²) in [7, 11) is 1.50. The van der Waals surface area contributed by atoms with E-state index in [1.165, 1.54) is 13.2 Å². The summed E-state index contributed by atoms with van der Waals surface area (Å²) < 4.78 is 27.2. The molecule has 2 aromatic rings. The first-order chi connectivity index (χ1) is 12.3. The van der Waals surface area contributed by atoms with Gasteiger partial charge in [-0.2, -0.15) is 0 Å². The van der Waals surface area contributed by atoms with Gasteiger partial charge in [-0.25, -0.2) is 9.59 Å². The molecule has 0 saturated heterocycles. The Balaban J connectivity index is 1.90. The molecule has 1 aromatic heterocycles. The van der Waals surface area contributed by atoms with E-state index in [1.807, 2.05) is 0 Å². The first-order valence-electron chi connectivity index (χ1n) is 7.89. The zero-order valence-corrected chi connectivity index (χ0v) is 14.6. The Morgan fingerprint density at radius 2 is 2.00 bits per heavy atom. The van der Waals surface area contributed by atoms with E-state index in [-0.39, 0.29) is 0 Å². The van der Waals surface area contributed by atoms with Crippen LogP contribution < -0.4 is 16.1 Å². The zero-order valence-electron chi connectivity index (χ0n) is 14.6. The van der Waals surface area contributed by atoms with Crippen molar-refractivity contribution < 1.29 is 28.2 Å².